The lowest BCUT2D eigenvalue weighted by molar-refractivity contribution is -0.114. The molecule has 0 radical (unpaired) electrons. The number of rotatable bonds is 6. The first kappa shape index (κ1) is 18.2. The van der Waals surface area contributed by atoms with Crippen molar-refractivity contribution >= 4 is 29.0 Å². The van der Waals surface area contributed by atoms with Crippen LogP contribution in [0.5, 0.6) is 0 Å². The molecular weight excluding hydrogens is 318 g/mol. The average molecular weight is 339 g/mol. The maximum atomic E-state index is 12.0. The molecule has 2 N–H and O–H groups in total. The van der Waals surface area contributed by atoms with E-state index in [1.165, 1.54) is 11.8 Å². The van der Waals surface area contributed by atoms with Gasteiger partial charge >= 0.3 is 0 Å². The standard InChI is InChI=1S/C19H21N3O3/c1-13(23)14-4-8-16(9-5-14)20-12-18(24)21-17-10-6-15(7-11-17)19(25)22(2)3/h4-11,20H,12H2,1-3H3,(H,21,24). The Morgan fingerprint density at radius 3 is 1.88 bits per heavy atom. The van der Waals surface area contributed by atoms with E-state index in [9.17, 15) is 14.4 Å². The van der Waals surface area contributed by atoms with Crippen molar-refractivity contribution in [3.63, 3.8) is 0 Å². The quantitative estimate of drug-likeness (QED) is 0.793. The minimum Gasteiger partial charge on any atom is -0.376 e. The van der Waals surface area contributed by atoms with Gasteiger partial charge in [-0.3, -0.25) is 14.4 Å². The Bertz CT molecular complexity index is 766. The van der Waals surface area contributed by atoms with Crippen LogP contribution in [-0.2, 0) is 4.79 Å². The van der Waals surface area contributed by atoms with E-state index < -0.39 is 0 Å². The smallest absolute Gasteiger partial charge is 0.253 e. The normalized spacial score (nSPS) is 10.0. The molecule has 0 aromatic heterocycles. The summed E-state index contributed by atoms with van der Waals surface area (Å²) in [6.45, 7) is 1.60. The van der Waals surface area contributed by atoms with Crippen LogP contribution < -0.4 is 10.6 Å². The zero-order valence-corrected chi connectivity index (χ0v) is 14.5. The number of carbonyl (C=O) groups is 3. The molecule has 130 valence electrons. The molecule has 6 heteroatoms. The summed E-state index contributed by atoms with van der Waals surface area (Å²) in [5.74, 6) is -0.295. The van der Waals surface area contributed by atoms with Gasteiger partial charge in [0.1, 0.15) is 0 Å². The fraction of sp³-hybridized carbons (Fsp3) is 0.211. The molecule has 6 nitrogen and oxygen atoms in total. The summed E-state index contributed by atoms with van der Waals surface area (Å²) in [7, 11) is 3.37. The van der Waals surface area contributed by atoms with Crippen LogP contribution in [-0.4, -0.2) is 43.1 Å². The molecule has 0 fully saturated rings. The van der Waals surface area contributed by atoms with Gasteiger partial charge in [-0.1, -0.05) is 0 Å². The van der Waals surface area contributed by atoms with Gasteiger partial charge < -0.3 is 15.5 Å². The predicted octanol–water partition coefficient (Wildman–Crippen LogP) is 2.64. The Kier molecular flexibility index (Phi) is 5.89. The molecule has 0 bridgehead atoms. The Balaban J connectivity index is 1.87. The highest BCUT2D eigenvalue weighted by molar-refractivity contribution is 5.97. The van der Waals surface area contributed by atoms with Crippen molar-refractivity contribution in [1.29, 1.82) is 0 Å². The Labute approximate surface area is 146 Å². The number of carbonyl (C=O) groups excluding carboxylic acids is 3. The van der Waals surface area contributed by atoms with Gasteiger partial charge in [0.25, 0.3) is 5.91 Å². The lowest BCUT2D eigenvalue weighted by Crippen LogP contribution is -2.23. The number of ketones is 1. The van der Waals surface area contributed by atoms with Crippen molar-refractivity contribution in [3.8, 4) is 0 Å². The second-order valence-electron chi connectivity index (χ2n) is 5.81. The molecular formula is C19H21N3O3. The van der Waals surface area contributed by atoms with Gasteiger partial charge in [0.05, 0.1) is 6.54 Å². The maximum absolute atomic E-state index is 12.0. The lowest BCUT2D eigenvalue weighted by atomic mass is 10.1. The highest BCUT2D eigenvalue weighted by Gasteiger charge is 2.08. The summed E-state index contributed by atoms with van der Waals surface area (Å²) in [4.78, 5) is 36.5. The summed E-state index contributed by atoms with van der Waals surface area (Å²) < 4.78 is 0. The molecule has 0 saturated carbocycles. The van der Waals surface area contributed by atoms with Gasteiger partial charge in [-0.2, -0.15) is 0 Å². The van der Waals surface area contributed by atoms with Gasteiger partial charge in [-0.25, -0.2) is 0 Å². The van der Waals surface area contributed by atoms with Crippen LogP contribution in [0.4, 0.5) is 11.4 Å². The Hall–Kier alpha value is -3.15. The number of hydrogen-bond donors (Lipinski definition) is 2. The molecule has 0 heterocycles. The zero-order chi connectivity index (χ0) is 18.4. The van der Waals surface area contributed by atoms with E-state index in [1.807, 2.05) is 0 Å². The summed E-state index contributed by atoms with van der Waals surface area (Å²) in [6, 6.07) is 13.7. The molecule has 0 spiro atoms. The van der Waals surface area contributed by atoms with Crippen LogP contribution in [0, 0.1) is 0 Å². The highest BCUT2D eigenvalue weighted by atomic mass is 16.2. The maximum Gasteiger partial charge on any atom is 0.253 e. The van der Waals surface area contributed by atoms with E-state index in [2.05, 4.69) is 10.6 Å². The van der Waals surface area contributed by atoms with Crippen molar-refractivity contribution < 1.29 is 14.4 Å². The van der Waals surface area contributed by atoms with Crippen molar-refractivity contribution in [2.45, 2.75) is 6.92 Å². The molecule has 2 rings (SSSR count). The topological polar surface area (TPSA) is 78.5 Å². The minimum absolute atomic E-state index is 0.000452. The number of amides is 2. The summed E-state index contributed by atoms with van der Waals surface area (Å²) in [6.07, 6.45) is 0. The molecule has 2 amide bonds. The van der Waals surface area contributed by atoms with E-state index >= 15 is 0 Å². The van der Waals surface area contributed by atoms with Crippen LogP contribution in [0.3, 0.4) is 0 Å². The van der Waals surface area contributed by atoms with Crippen molar-refractivity contribution in [1.82, 2.24) is 4.90 Å². The van der Waals surface area contributed by atoms with Gasteiger partial charge in [0.2, 0.25) is 5.91 Å². The number of Topliss-reactive ketones (excluding diaryl/α,β-unsaturated/α-hetero) is 1. The molecule has 2 aromatic rings. The first-order chi connectivity index (χ1) is 11.9. The minimum atomic E-state index is -0.206. The van der Waals surface area contributed by atoms with Crippen molar-refractivity contribution in [2.75, 3.05) is 31.3 Å². The number of benzene rings is 2. The zero-order valence-electron chi connectivity index (χ0n) is 14.5. The summed E-state index contributed by atoms with van der Waals surface area (Å²) in [5, 5.41) is 5.75. The van der Waals surface area contributed by atoms with E-state index in [4.69, 9.17) is 0 Å². The van der Waals surface area contributed by atoms with Crippen LogP contribution >= 0.6 is 0 Å². The fourth-order valence-corrected chi connectivity index (χ4v) is 2.16. The van der Waals surface area contributed by atoms with Gasteiger partial charge in [-0.15, -0.1) is 0 Å². The van der Waals surface area contributed by atoms with E-state index in [-0.39, 0.29) is 24.1 Å². The SMILES string of the molecule is CC(=O)c1ccc(NCC(=O)Nc2ccc(C(=O)N(C)C)cc2)cc1. The van der Waals surface area contributed by atoms with Crippen LogP contribution in [0.1, 0.15) is 27.6 Å². The number of hydrogen-bond acceptors (Lipinski definition) is 4. The monoisotopic (exact) mass is 339 g/mol. The van der Waals surface area contributed by atoms with Crippen LogP contribution in [0.25, 0.3) is 0 Å². The molecule has 25 heavy (non-hydrogen) atoms. The molecule has 0 aliphatic carbocycles. The Morgan fingerprint density at radius 2 is 1.36 bits per heavy atom. The van der Waals surface area contributed by atoms with Crippen molar-refractivity contribution in [2.24, 2.45) is 0 Å². The van der Waals surface area contributed by atoms with E-state index in [1.54, 1.807) is 62.6 Å². The first-order valence-corrected chi connectivity index (χ1v) is 7.83. The second-order valence-corrected chi connectivity index (χ2v) is 5.81. The number of anilines is 2. The predicted molar refractivity (Wildman–Crippen MR) is 98.0 cm³/mol. The van der Waals surface area contributed by atoms with Crippen LogP contribution in [0.2, 0.25) is 0 Å². The molecule has 0 atom stereocenters. The Morgan fingerprint density at radius 1 is 0.840 bits per heavy atom. The third kappa shape index (κ3) is 5.17. The van der Waals surface area contributed by atoms with Crippen LogP contribution in [0.15, 0.2) is 48.5 Å². The summed E-state index contributed by atoms with van der Waals surface area (Å²) >= 11 is 0. The largest absolute Gasteiger partial charge is 0.376 e. The number of nitrogens with one attached hydrogen (secondary N) is 2. The molecule has 0 aliphatic heterocycles. The van der Waals surface area contributed by atoms with Crippen molar-refractivity contribution in [3.05, 3.63) is 59.7 Å². The molecule has 0 unspecified atom stereocenters. The lowest BCUT2D eigenvalue weighted by Gasteiger charge is -2.11. The van der Waals surface area contributed by atoms with Gasteiger partial charge in [-0.05, 0) is 55.5 Å². The molecule has 0 saturated heterocycles. The third-order valence-electron chi connectivity index (χ3n) is 3.57. The van der Waals surface area contributed by atoms with E-state index in [0.29, 0.717) is 16.8 Å². The first-order valence-electron chi connectivity index (χ1n) is 7.83. The molecule has 0 aliphatic rings. The third-order valence-corrected chi connectivity index (χ3v) is 3.57. The van der Waals surface area contributed by atoms with Gasteiger partial charge in [0.15, 0.2) is 5.78 Å². The van der Waals surface area contributed by atoms with E-state index in [0.717, 1.165) is 5.69 Å². The molecule has 2 aromatic carbocycles. The number of nitrogens with zero attached hydrogens (tertiary/aromatic N) is 1. The average Bonchev–Trinajstić information content (AvgIpc) is 2.60. The highest BCUT2D eigenvalue weighted by Crippen LogP contribution is 2.12. The second kappa shape index (κ2) is 8.10. The van der Waals surface area contributed by atoms with Gasteiger partial charge in [0, 0.05) is 36.6 Å². The fourth-order valence-electron chi connectivity index (χ4n) is 2.16. The summed E-state index contributed by atoms with van der Waals surface area (Å²) in [5.41, 5.74) is 2.56.